The number of fused-ring (bicyclic) bond motifs is 1. The van der Waals surface area contributed by atoms with Gasteiger partial charge in [0.1, 0.15) is 11.2 Å². The van der Waals surface area contributed by atoms with E-state index in [4.69, 9.17) is 10.8 Å². The van der Waals surface area contributed by atoms with Gasteiger partial charge in [-0.15, -0.1) is 0 Å². The number of H-pyrrole nitrogens is 1. The molecule has 3 aromatic rings. The Bertz CT molecular complexity index is 1050. The first-order valence-corrected chi connectivity index (χ1v) is 9.23. The number of rotatable bonds is 9. The summed E-state index contributed by atoms with van der Waals surface area (Å²) < 4.78 is 0. The van der Waals surface area contributed by atoms with Gasteiger partial charge < -0.3 is 31.8 Å². The molecule has 29 heavy (non-hydrogen) atoms. The predicted molar refractivity (Wildman–Crippen MR) is 112 cm³/mol. The molecular weight excluding hydrogens is 374 g/mol. The third-order valence-corrected chi connectivity index (χ3v) is 4.16. The van der Waals surface area contributed by atoms with Gasteiger partial charge in [0.2, 0.25) is 5.95 Å². The molecule has 10 nitrogen and oxygen atoms in total. The molecule has 0 aliphatic heterocycles. The number of aromatic amines is 1. The summed E-state index contributed by atoms with van der Waals surface area (Å²) in [4.78, 5) is 34.3. The lowest BCUT2D eigenvalue weighted by Crippen LogP contribution is -2.23. The van der Waals surface area contributed by atoms with Crippen molar-refractivity contribution in [2.75, 3.05) is 30.3 Å². The second-order valence-electron chi connectivity index (χ2n) is 6.34. The van der Waals surface area contributed by atoms with Crippen LogP contribution in [0.1, 0.15) is 12.0 Å². The third kappa shape index (κ3) is 5.42. The summed E-state index contributed by atoms with van der Waals surface area (Å²) in [6, 6.07) is 9.45. The lowest BCUT2D eigenvalue weighted by Gasteiger charge is -2.12. The first-order chi connectivity index (χ1) is 14.1. The van der Waals surface area contributed by atoms with Crippen molar-refractivity contribution in [3.05, 3.63) is 52.4 Å². The van der Waals surface area contributed by atoms with Crippen molar-refractivity contribution in [2.24, 2.45) is 5.73 Å². The Morgan fingerprint density at radius 2 is 2.07 bits per heavy atom. The number of nitrogens with two attached hydrogens (primary N) is 1. The minimum atomic E-state index is -1.06. The van der Waals surface area contributed by atoms with E-state index in [1.807, 2.05) is 24.3 Å². The zero-order valence-corrected chi connectivity index (χ0v) is 15.7. The molecule has 0 spiro atoms. The third-order valence-electron chi connectivity index (χ3n) is 4.16. The number of pyridine rings is 1. The summed E-state index contributed by atoms with van der Waals surface area (Å²) in [5.74, 6) is 0.729. The number of amides is 1. The van der Waals surface area contributed by atoms with Gasteiger partial charge in [-0.3, -0.25) is 4.79 Å². The average Bonchev–Trinajstić information content (AvgIpc) is 2.68. The number of nitrogens with zero attached hydrogens (tertiary/aromatic N) is 2. The van der Waals surface area contributed by atoms with Crippen molar-refractivity contribution in [1.82, 2.24) is 20.3 Å². The lowest BCUT2D eigenvalue weighted by molar-refractivity contribution is 0.194. The second-order valence-corrected chi connectivity index (χ2v) is 6.34. The topological polar surface area (TPSA) is 158 Å². The summed E-state index contributed by atoms with van der Waals surface area (Å²) in [6.07, 6.45) is 1.78. The number of benzene rings is 1. The Hall–Kier alpha value is -3.66. The Kier molecular flexibility index (Phi) is 6.59. The number of aromatic nitrogens is 3. The van der Waals surface area contributed by atoms with E-state index in [0.717, 1.165) is 17.7 Å². The fraction of sp³-hybridized carbons (Fsp3) is 0.263. The minimum Gasteiger partial charge on any atom is -0.465 e. The molecule has 0 aliphatic rings. The molecule has 0 atom stereocenters. The van der Waals surface area contributed by atoms with Crippen molar-refractivity contribution in [2.45, 2.75) is 12.8 Å². The largest absolute Gasteiger partial charge is 0.465 e. The maximum absolute atomic E-state index is 12.4. The number of hydrogen-bond donors (Lipinski definition) is 6. The zero-order valence-electron chi connectivity index (χ0n) is 15.7. The average molecular weight is 397 g/mol. The van der Waals surface area contributed by atoms with E-state index >= 15 is 0 Å². The van der Waals surface area contributed by atoms with Crippen LogP contribution in [0.3, 0.4) is 0 Å². The highest BCUT2D eigenvalue weighted by Crippen LogP contribution is 2.23. The fourth-order valence-electron chi connectivity index (χ4n) is 2.85. The highest BCUT2D eigenvalue weighted by Gasteiger charge is 2.12. The minimum absolute atomic E-state index is 0.291. The Balaban J connectivity index is 1.85. The Labute approximate surface area is 166 Å². The molecule has 0 radical (unpaired) electrons. The summed E-state index contributed by atoms with van der Waals surface area (Å²) in [6.45, 7) is 1.33. The molecule has 10 heteroatoms. The van der Waals surface area contributed by atoms with Crippen LogP contribution >= 0.6 is 0 Å². The summed E-state index contributed by atoms with van der Waals surface area (Å²) in [5, 5.41) is 17.5. The molecule has 3 rings (SSSR count). The van der Waals surface area contributed by atoms with E-state index in [-0.39, 0.29) is 5.56 Å². The van der Waals surface area contributed by atoms with Gasteiger partial charge >= 0.3 is 6.09 Å². The quantitative estimate of drug-likeness (QED) is 0.297. The first kappa shape index (κ1) is 20.1. The molecule has 0 fully saturated rings. The summed E-state index contributed by atoms with van der Waals surface area (Å²) in [7, 11) is 0. The highest BCUT2D eigenvalue weighted by molar-refractivity contribution is 5.90. The smallest absolute Gasteiger partial charge is 0.404 e. The molecule has 0 saturated carbocycles. The van der Waals surface area contributed by atoms with Crippen molar-refractivity contribution < 1.29 is 9.90 Å². The van der Waals surface area contributed by atoms with Gasteiger partial charge in [-0.1, -0.05) is 12.1 Å². The zero-order chi connectivity index (χ0) is 20.6. The van der Waals surface area contributed by atoms with Gasteiger partial charge in [0.05, 0.1) is 5.52 Å². The SMILES string of the molecule is NCCc1cccc(Nc2nc(NCCCNC(=O)O)nc3cc[nH]c(=O)c23)c1. The van der Waals surface area contributed by atoms with Crippen LogP contribution in [0.2, 0.25) is 0 Å². The molecule has 0 aliphatic carbocycles. The predicted octanol–water partition coefficient (Wildman–Crippen LogP) is 1.63. The van der Waals surface area contributed by atoms with Crippen molar-refractivity contribution >= 4 is 34.4 Å². The molecule has 0 bridgehead atoms. The van der Waals surface area contributed by atoms with Crippen LogP contribution < -0.4 is 27.2 Å². The van der Waals surface area contributed by atoms with Crippen LogP contribution in [0.15, 0.2) is 41.3 Å². The first-order valence-electron chi connectivity index (χ1n) is 9.23. The van der Waals surface area contributed by atoms with E-state index in [9.17, 15) is 9.59 Å². The normalized spacial score (nSPS) is 10.7. The van der Waals surface area contributed by atoms with Crippen LogP contribution in [-0.2, 0) is 6.42 Å². The van der Waals surface area contributed by atoms with Gasteiger partial charge in [-0.05, 0) is 43.1 Å². The van der Waals surface area contributed by atoms with E-state index in [2.05, 4.69) is 30.9 Å². The number of nitrogens with one attached hydrogen (secondary N) is 4. The number of anilines is 3. The molecule has 1 amide bonds. The fourth-order valence-corrected chi connectivity index (χ4v) is 2.85. The molecule has 7 N–H and O–H groups in total. The number of carboxylic acid groups (broad SMARTS) is 1. The van der Waals surface area contributed by atoms with Crippen LogP contribution in [-0.4, -0.2) is 45.8 Å². The molecule has 2 heterocycles. The molecule has 152 valence electrons. The van der Waals surface area contributed by atoms with Gasteiger partial charge in [-0.25, -0.2) is 9.78 Å². The molecule has 0 unspecified atom stereocenters. The maximum Gasteiger partial charge on any atom is 0.404 e. The van der Waals surface area contributed by atoms with E-state index in [1.165, 1.54) is 6.20 Å². The van der Waals surface area contributed by atoms with Crippen LogP contribution in [0.25, 0.3) is 10.9 Å². The summed E-state index contributed by atoms with van der Waals surface area (Å²) >= 11 is 0. The van der Waals surface area contributed by atoms with Gasteiger partial charge in [0.25, 0.3) is 5.56 Å². The van der Waals surface area contributed by atoms with Crippen molar-refractivity contribution in [1.29, 1.82) is 0 Å². The van der Waals surface area contributed by atoms with Gasteiger partial charge in [-0.2, -0.15) is 4.98 Å². The van der Waals surface area contributed by atoms with Crippen LogP contribution in [0.4, 0.5) is 22.2 Å². The molecule has 2 aromatic heterocycles. The molecular formula is C19H23N7O3. The van der Waals surface area contributed by atoms with Crippen LogP contribution in [0.5, 0.6) is 0 Å². The van der Waals surface area contributed by atoms with Crippen molar-refractivity contribution in [3.63, 3.8) is 0 Å². The highest BCUT2D eigenvalue weighted by atomic mass is 16.4. The second kappa shape index (κ2) is 9.51. The van der Waals surface area contributed by atoms with Crippen LogP contribution in [0, 0.1) is 0 Å². The maximum atomic E-state index is 12.4. The van der Waals surface area contributed by atoms with Crippen molar-refractivity contribution in [3.8, 4) is 0 Å². The Morgan fingerprint density at radius 3 is 2.86 bits per heavy atom. The monoisotopic (exact) mass is 397 g/mol. The molecule has 1 aromatic carbocycles. The van der Waals surface area contributed by atoms with Gasteiger partial charge in [0.15, 0.2) is 0 Å². The summed E-state index contributed by atoms with van der Waals surface area (Å²) in [5.41, 5.74) is 7.70. The van der Waals surface area contributed by atoms with E-state index in [1.54, 1.807) is 6.07 Å². The molecule has 0 saturated heterocycles. The Morgan fingerprint density at radius 1 is 1.21 bits per heavy atom. The lowest BCUT2D eigenvalue weighted by atomic mass is 10.1. The van der Waals surface area contributed by atoms with E-state index in [0.29, 0.717) is 48.7 Å². The number of hydrogen-bond acceptors (Lipinski definition) is 7. The number of carbonyl (C=O) groups is 1. The standard InChI is InChI=1S/C19H23N7O3/c20-7-5-12-3-1-4-13(11-12)24-16-15-14(6-10-21-17(15)27)25-18(26-16)22-8-2-9-23-19(28)29/h1,3-4,6,10-11,23H,2,5,7-9,20H2,(H,21,27)(H,28,29)(H2,22,24,25,26). The van der Waals surface area contributed by atoms with Gasteiger partial charge in [0, 0.05) is 25.0 Å². The van der Waals surface area contributed by atoms with E-state index < -0.39 is 6.09 Å².